The molecule has 0 nitrogen and oxygen atoms in total. The van der Waals surface area contributed by atoms with Crippen molar-refractivity contribution in [3.05, 3.63) is 59.7 Å². The molecule has 0 amide bonds. The maximum atomic E-state index is 2.31. The van der Waals surface area contributed by atoms with Crippen molar-refractivity contribution in [1.82, 2.24) is 0 Å². The van der Waals surface area contributed by atoms with Crippen molar-refractivity contribution in [2.45, 2.75) is 26.7 Å². The van der Waals surface area contributed by atoms with Gasteiger partial charge in [-0.25, -0.2) is 0 Å². The molecule has 0 aliphatic heterocycles. The van der Waals surface area contributed by atoms with E-state index in [4.69, 9.17) is 0 Å². The van der Waals surface area contributed by atoms with Gasteiger partial charge in [-0.2, -0.15) is 0 Å². The standard InChI is InChI=1S/C16H18/c1-13(2)7-5-9-15-11-6-10-14-8-3-4-12-16(14)15/h3-4,6-8,10-12H,5,9H2,1-2H3. The van der Waals surface area contributed by atoms with Gasteiger partial charge in [0.2, 0.25) is 0 Å². The fraction of sp³-hybridized carbons (Fsp3) is 0.250. The molecule has 0 N–H and O–H groups in total. The van der Waals surface area contributed by atoms with Crippen LogP contribution in [0.3, 0.4) is 0 Å². The van der Waals surface area contributed by atoms with E-state index < -0.39 is 0 Å². The third-order valence-electron chi connectivity index (χ3n) is 2.85. The van der Waals surface area contributed by atoms with Gasteiger partial charge in [0.05, 0.1) is 0 Å². The van der Waals surface area contributed by atoms with Crippen molar-refractivity contribution in [2.75, 3.05) is 0 Å². The van der Waals surface area contributed by atoms with E-state index in [-0.39, 0.29) is 0 Å². The second kappa shape index (κ2) is 4.98. The van der Waals surface area contributed by atoms with Crippen molar-refractivity contribution in [3.63, 3.8) is 0 Å². The summed E-state index contributed by atoms with van der Waals surface area (Å²) in [4.78, 5) is 0. The molecule has 0 radical (unpaired) electrons. The zero-order valence-electron chi connectivity index (χ0n) is 10.0. The van der Waals surface area contributed by atoms with E-state index >= 15 is 0 Å². The molecule has 0 aromatic heterocycles. The Bertz CT molecular complexity index is 497. The Kier molecular flexibility index (Phi) is 3.40. The van der Waals surface area contributed by atoms with E-state index in [9.17, 15) is 0 Å². The smallest absolute Gasteiger partial charge is 0.0152 e. The van der Waals surface area contributed by atoms with Crippen molar-refractivity contribution < 1.29 is 0 Å². The number of rotatable bonds is 3. The van der Waals surface area contributed by atoms with Crippen LogP contribution in [0.1, 0.15) is 25.8 Å². The van der Waals surface area contributed by atoms with E-state index in [1.54, 1.807) is 0 Å². The van der Waals surface area contributed by atoms with Crippen LogP contribution in [0.25, 0.3) is 10.8 Å². The Morgan fingerprint density at radius 3 is 2.56 bits per heavy atom. The fourth-order valence-corrected chi connectivity index (χ4v) is 2.03. The molecular weight excluding hydrogens is 192 g/mol. The molecule has 0 spiro atoms. The first-order chi connectivity index (χ1) is 7.77. The largest absolute Gasteiger partial charge is 0.0856 e. The first-order valence-electron chi connectivity index (χ1n) is 5.87. The molecule has 0 aliphatic carbocycles. The molecule has 0 saturated carbocycles. The fourth-order valence-electron chi connectivity index (χ4n) is 2.03. The Labute approximate surface area is 97.6 Å². The number of allylic oxidation sites excluding steroid dienone is 2. The van der Waals surface area contributed by atoms with E-state index in [0.29, 0.717) is 0 Å². The highest BCUT2D eigenvalue weighted by Gasteiger charge is 1.98. The maximum absolute atomic E-state index is 2.31. The number of hydrogen-bond donors (Lipinski definition) is 0. The highest BCUT2D eigenvalue weighted by Crippen LogP contribution is 2.19. The van der Waals surface area contributed by atoms with Gasteiger partial charge in [0, 0.05) is 0 Å². The van der Waals surface area contributed by atoms with Gasteiger partial charge >= 0.3 is 0 Å². The second-order valence-corrected chi connectivity index (χ2v) is 4.46. The van der Waals surface area contributed by atoms with Gasteiger partial charge in [-0.05, 0) is 43.0 Å². The predicted octanol–water partition coefficient (Wildman–Crippen LogP) is 4.74. The summed E-state index contributed by atoms with van der Waals surface area (Å²) in [7, 11) is 0. The summed E-state index contributed by atoms with van der Waals surface area (Å²) in [5.74, 6) is 0. The van der Waals surface area contributed by atoms with E-state index in [1.165, 1.54) is 21.9 Å². The highest BCUT2D eigenvalue weighted by atomic mass is 14.0. The van der Waals surface area contributed by atoms with Crippen LogP contribution in [0.5, 0.6) is 0 Å². The summed E-state index contributed by atoms with van der Waals surface area (Å²) < 4.78 is 0. The lowest BCUT2D eigenvalue weighted by atomic mass is 10.0. The minimum atomic E-state index is 1.13. The lowest BCUT2D eigenvalue weighted by molar-refractivity contribution is 0.998. The Morgan fingerprint density at radius 2 is 1.75 bits per heavy atom. The third-order valence-corrected chi connectivity index (χ3v) is 2.85. The monoisotopic (exact) mass is 210 g/mol. The van der Waals surface area contributed by atoms with Crippen LogP contribution in [-0.4, -0.2) is 0 Å². The molecular formula is C16H18. The lowest BCUT2D eigenvalue weighted by Gasteiger charge is -2.04. The average Bonchev–Trinajstić information content (AvgIpc) is 2.29. The predicted molar refractivity (Wildman–Crippen MR) is 71.7 cm³/mol. The molecule has 0 fully saturated rings. The lowest BCUT2D eigenvalue weighted by Crippen LogP contribution is -1.86. The maximum Gasteiger partial charge on any atom is -0.0152 e. The van der Waals surface area contributed by atoms with Gasteiger partial charge in [-0.3, -0.25) is 0 Å². The summed E-state index contributed by atoms with van der Waals surface area (Å²) in [5, 5.41) is 2.74. The van der Waals surface area contributed by atoms with Crippen LogP contribution in [0.15, 0.2) is 54.1 Å². The first kappa shape index (κ1) is 10.9. The van der Waals surface area contributed by atoms with Crippen molar-refractivity contribution in [3.8, 4) is 0 Å². The molecule has 2 rings (SSSR count). The molecule has 0 bridgehead atoms. The molecule has 82 valence electrons. The van der Waals surface area contributed by atoms with Crippen LogP contribution in [0.2, 0.25) is 0 Å². The van der Waals surface area contributed by atoms with Crippen LogP contribution in [-0.2, 0) is 6.42 Å². The number of fused-ring (bicyclic) bond motifs is 1. The molecule has 0 heteroatoms. The van der Waals surface area contributed by atoms with Crippen LogP contribution < -0.4 is 0 Å². The number of hydrogen-bond acceptors (Lipinski definition) is 0. The molecule has 2 aromatic carbocycles. The van der Waals surface area contributed by atoms with E-state index in [2.05, 4.69) is 62.4 Å². The van der Waals surface area contributed by atoms with Crippen LogP contribution in [0, 0.1) is 0 Å². The number of aryl methyl sites for hydroxylation is 1. The zero-order chi connectivity index (χ0) is 11.4. The minimum absolute atomic E-state index is 1.13. The van der Waals surface area contributed by atoms with Crippen LogP contribution >= 0.6 is 0 Å². The van der Waals surface area contributed by atoms with Crippen molar-refractivity contribution >= 4 is 10.8 Å². The zero-order valence-corrected chi connectivity index (χ0v) is 10.0. The minimum Gasteiger partial charge on any atom is -0.0856 e. The molecule has 0 atom stereocenters. The molecule has 0 unspecified atom stereocenters. The normalized spacial score (nSPS) is 10.4. The number of benzene rings is 2. The van der Waals surface area contributed by atoms with E-state index in [0.717, 1.165) is 12.8 Å². The second-order valence-electron chi connectivity index (χ2n) is 4.46. The summed E-state index contributed by atoms with van der Waals surface area (Å²) in [6.07, 6.45) is 4.57. The van der Waals surface area contributed by atoms with Crippen molar-refractivity contribution in [2.24, 2.45) is 0 Å². The highest BCUT2D eigenvalue weighted by molar-refractivity contribution is 5.85. The third kappa shape index (κ3) is 2.52. The average molecular weight is 210 g/mol. The molecule has 0 heterocycles. The summed E-state index contributed by atoms with van der Waals surface area (Å²) in [6.45, 7) is 4.31. The molecule has 0 saturated heterocycles. The Balaban J connectivity index is 2.27. The quantitative estimate of drug-likeness (QED) is 0.642. The molecule has 2 aromatic rings. The van der Waals surface area contributed by atoms with Gasteiger partial charge in [-0.15, -0.1) is 0 Å². The van der Waals surface area contributed by atoms with Crippen molar-refractivity contribution in [1.29, 1.82) is 0 Å². The van der Waals surface area contributed by atoms with E-state index in [1.807, 2.05) is 0 Å². The summed E-state index contributed by atoms with van der Waals surface area (Å²) in [5.41, 5.74) is 2.86. The summed E-state index contributed by atoms with van der Waals surface area (Å²) >= 11 is 0. The molecule has 16 heavy (non-hydrogen) atoms. The summed E-state index contributed by atoms with van der Waals surface area (Å²) in [6, 6.07) is 15.2. The van der Waals surface area contributed by atoms with Gasteiger partial charge in [0.25, 0.3) is 0 Å². The van der Waals surface area contributed by atoms with Gasteiger partial charge in [0.1, 0.15) is 0 Å². The van der Waals surface area contributed by atoms with Crippen LogP contribution in [0.4, 0.5) is 0 Å². The first-order valence-corrected chi connectivity index (χ1v) is 5.87. The topological polar surface area (TPSA) is 0 Å². The van der Waals surface area contributed by atoms with Gasteiger partial charge in [0.15, 0.2) is 0 Å². The SMILES string of the molecule is CC(C)=CCCc1cccc2ccccc12. The van der Waals surface area contributed by atoms with Gasteiger partial charge in [-0.1, -0.05) is 54.1 Å². The Morgan fingerprint density at radius 1 is 1.00 bits per heavy atom. The van der Waals surface area contributed by atoms with Gasteiger partial charge < -0.3 is 0 Å². The molecule has 0 aliphatic rings. The Hall–Kier alpha value is -1.56.